The molecule has 0 saturated carbocycles. The largest absolute Gasteiger partial charge is 0.496 e. The molecule has 138 valence electrons. The van der Waals surface area contributed by atoms with Gasteiger partial charge in [-0.05, 0) is 31.0 Å². The standard InChI is InChI=1S/C18H26ClN3O3/c1-24-17-5-4-15(19)11-14(17)12-20-18(23)22-6-2-3-16(22)13-21-7-9-25-10-8-21/h4-5,11,16H,2-3,6-10,12-13H2,1H3,(H,20,23)/t16-/m0/s1. The van der Waals surface area contributed by atoms with Gasteiger partial charge in [-0.15, -0.1) is 0 Å². The third-order valence-electron chi connectivity index (χ3n) is 4.88. The molecule has 2 heterocycles. The highest BCUT2D eigenvalue weighted by Gasteiger charge is 2.30. The molecule has 3 rings (SSSR count). The molecule has 2 amide bonds. The Morgan fingerprint density at radius 2 is 2.16 bits per heavy atom. The first-order valence-corrected chi connectivity index (χ1v) is 9.22. The molecule has 0 aromatic heterocycles. The van der Waals surface area contributed by atoms with Crippen molar-refractivity contribution < 1.29 is 14.3 Å². The number of amides is 2. The summed E-state index contributed by atoms with van der Waals surface area (Å²) in [6.07, 6.45) is 2.12. The van der Waals surface area contributed by atoms with Gasteiger partial charge in [-0.2, -0.15) is 0 Å². The van der Waals surface area contributed by atoms with Crippen molar-refractivity contribution in [1.82, 2.24) is 15.1 Å². The van der Waals surface area contributed by atoms with Crippen LogP contribution in [0.15, 0.2) is 18.2 Å². The van der Waals surface area contributed by atoms with Crippen molar-refractivity contribution in [2.75, 3.05) is 46.5 Å². The highest BCUT2D eigenvalue weighted by Crippen LogP contribution is 2.23. The Morgan fingerprint density at radius 1 is 1.36 bits per heavy atom. The van der Waals surface area contributed by atoms with Crippen LogP contribution in [0, 0.1) is 0 Å². The van der Waals surface area contributed by atoms with E-state index in [2.05, 4.69) is 10.2 Å². The van der Waals surface area contributed by atoms with Gasteiger partial charge in [0.05, 0.1) is 20.3 Å². The minimum absolute atomic E-state index is 0.0159. The molecule has 0 spiro atoms. The van der Waals surface area contributed by atoms with Crippen LogP contribution in [0.2, 0.25) is 5.02 Å². The molecule has 2 fully saturated rings. The minimum Gasteiger partial charge on any atom is -0.496 e. The van der Waals surface area contributed by atoms with E-state index in [9.17, 15) is 4.79 Å². The van der Waals surface area contributed by atoms with Gasteiger partial charge < -0.3 is 19.7 Å². The van der Waals surface area contributed by atoms with E-state index < -0.39 is 0 Å². The highest BCUT2D eigenvalue weighted by atomic mass is 35.5. The van der Waals surface area contributed by atoms with E-state index in [1.165, 1.54) is 0 Å². The summed E-state index contributed by atoms with van der Waals surface area (Å²) in [6.45, 7) is 5.62. The van der Waals surface area contributed by atoms with Gasteiger partial charge in [0.15, 0.2) is 0 Å². The van der Waals surface area contributed by atoms with Crippen molar-refractivity contribution in [2.24, 2.45) is 0 Å². The van der Waals surface area contributed by atoms with Crippen LogP contribution in [-0.2, 0) is 11.3 Å². The molecular weight excluding hydrogens is 342 g/mol. The number of rotatable bonds is 5. The average Bonchev–Trinajstić information content (AvgIpc) is 3.09. The summed E-state index contributed by atoms with van der Waals surface area (Å²) in [7, 11) is 1.62. The Morgan fingerprint density at radius 3 is 2.92 bits per heavy atom. The first-order chi connectivity index (χ1) is 12.2. The molecule has 0 aliphatic carbocycles. The Bertz CT molecular complexity index is 593. The van der Waals surface area contributed by atoms with Crippen molar-refractivity contribution in [3.63, 3.8) is 0 Å². The minimum atomic E-state index is -0.0159. The van der Waals surface area contributed by atoms with Crippen molar-refractivity contribution >= 4 is 17.6 Å². The molecule has 1 atom stereocenters. The number of nitrogens with one attached hydrogen (secondary N) is 1. The number of hydrogen-bond donors (Lipinski definition) is 1. The zero-order chi connectivity index (χ0) is 17.6. The number of hydrogen-bond acceptors (Lipinski definition) is 4. The first kappa shape index (κ1) is 18.3. The number of benzene rings is 1. The van der Waals surface area contributed by atoms with Crippen molar-refractivity contribution in [3.05, 3.63) is 28.8 Å². The summed E-state index contributed by atoms with van der Waals surface area (Å²) in [6, 6.07) is 5.69. The number of carbonyl (C=O) groups excluding carboxylic acids is 1. The maximum Gasteiger partial charge on any atom is 0.317 e. The van der Waals surface area contributed by atoms with Crippen molar-refractivity contribution in [1.29, 1.82) is 0 Å². The molecule has 6 nitrogen and oxygen atoms in total. The molecule has 7 heteroatoms. The van der Waals surface area contributed by atoms with E-state index in [1.54, 1.807) is 13.2 Å². The van der Waals surface area contributed by atoms with Crippen molar-refractivity contribution in [3.8, 4) is 5.75 Å². The topological polar surface area (TPSA) is 54.0 Å². The zero-order valence-corrected chi connectivity index (χ0v) is 15.4. The fraction of sp³-hybridized carbons (Fsp3) is 0.611. The van der Waals surface area contributed by atoms with E-state index in [-0.39, 0.29) is 12.1 Å². The van der Waals surface area contributed by atoms with Gasteiger partial charge in [0.2, 0.25) is 0 Å². The predicted octanol–water partition coefficient (Wildman–Crippen LogP) is 2.35. The van der Waals surface area contributed by atoms with Crippen LogP contribution >= 0.6 is 11.6 Å². The normalized spacial score (nSPS) is 21.4. The fourth-order valence-corrected chi connectivity index (χ4v) is 3.73. The smallest absolute Gasteiger partial charge is 0.317 e. The second kappa shape index (κ2) is 8.74. The Hall–Kier alpha value is -1.50. The van der Waals surface area contributed by atoms with Gasteiger partial charge in [-0.3, -0.25) is 4.90 Å². The van der Waals surface area contributed by atoms with Crippen LogP contribution in [0.1, 0.15) is 18.4 Å². The van der Waals surface area contributed by atoms with Crippen LogP contribution < -0.4 is 10.1 Å². The van der Waals surface area contributed by atoms with Crippen molar-refractivity contribution in [2.45, 2.75) is 25.4 Å². The van der Waals surface area contributed by atoms with Gasteiger partial charge in [0.25, 0.3) is 0 Å². The zero-order valence-electron chi connectivity index (χ0n) is 14.7. The second-order valence-electron chi connectivity index (χ2n) is 6.52. The number of halogens is 1. The molecule has 2 aliphatic heterocycles. The molecule has 1 N–H and O–H groups in total. The Labute approximate surface area is 154 Å². The number of methoxy groups -OCH3 is 1. The number of carbonyl (C=O) groups is 1. The van der Waals surface area contributed by atoms with E-state index in [4.69, 9.17) is 21.1 Å². The van der Waals surface area contributed by atoms with Gasteiger partial charge in [-0.1, -0.05) is 11.6 Å². The fourth-order valence-electron chi connectivity index (χ4n) is 3.53. The van der Waals surface area contributed by atoms with Crippen LogP contribution in [0.3, 0.4) is 0 Å². The summed E-state index contributed by atoms with van der Waals surface area (Å²) in [5, 5.41) is 3.65. The Balaban J connectivity index is 1.55. The van der Waals surface area contributed by atoms with Crippen LogP contribution in [0.4, 0.5) is 4.79 Å². The number of morpholine rings is 1. The SMILES string of the molecule is COc1ccc(Cl)cc1CNC(=O)N1CCC[C@H]1CN1CCOCC1. The molecule has 0 radical (unpaired) electrons. The van der Waals surface area contributed by atoms with Crippen LogP contribution in [0.25, 0.3) is 0 Å². The first-order valence-electron chi connectivity index (χ1n) is 8.84. The van der Waals surface area contributed by atoms with Gasteiger partial charge >= 0.3 is 6.03 Å². The molecule has 0 unspecified atom stereocenters. The lowest BCUT2D eigenvalue weighted by atomic mass is 10.2. The summed E-state index contributed by atoms with van der Waals surface area (Å²) < 4.78 is 10.7. The third-order valence-corrected chi connectivity index (χ3v) is 5.12. The van der Waals surface area contributed by atoms with E-state index in [1.807, 2.05) is 17.0 Å². The molecule has 2 saturated heterocycles. The summed E-state index contributed by atoms with van der Waals surface area (Å²) in [5.74, 6) is 0.732. The van der Waals surface area contributed by atoms with E-state index in [0.29, 0.717) is 11.6 Å². The quantitative estimate of drug-likeness (QED) is 0.868. The van der Waals surface area contributed by atoms with E-state index >= 15 is 0 Å². The van der Waals surface area contributed by atoms with Gasteiger partial charge in [0.1, 0.15) is 5.75 Å². The third kappa shape index (κ3) is 4.77. The molecule has 1 aromatic carbocycles. The second-order valence-corrected chi connectivity index (χ2v) is 6.95. The number of likely N-dealkylation sites (tertiary alicyclic amines) is 1. The van der Waals surface area contributed by atoms with E-state index in [0.717, 1.165) is 63.5 Å². The predicted molar refractivity (Wildman–Crippen MR) is 97.2 cm³/mol. The average molecular weight is 368 g/mol. The summed E-state index contributed by atoms with van der Waals surface area (Å²) >= 11 is 6.05. The maximum atomic E-state index is 12.7. The summed E-state index contributed by atoms with van der Waals surface area (Å²) in [4.78, 5) is 17.0. The molecule has 25 heavy (non-hydrogen) atoms. The monoisotopic (exact) mass is 367 g/mol. The molecule has 0 bridgehead atoms. The number of nitrogens with zero attached hydrogens (tertiary/aromatic N) is 2. The molecule has 2 aliphatic rings. The van der Waals surface area contributed by atoms with Gasteiger partial charge in [0, 0.05) is 49.4 Å². The lowest BCUT2D eigenvalue weighted by Gasteiger charge is -2.33. The summed E-state index contributed by atoms with van der Waals surface area (Å²) in [5.41, 5.74) is 0.882. The van der Waals surface area contributed by atoms with Gasteiger partial charge in [-0.25, -0.2) is 4.79 Å². The number of urea groups is 1. The van der Waals surface area contributed by atoms with Crippen LogP contribution in [-0.4, -0.2) is 68.4 Å². The highest BCUT2D eigenvalue weighted by molar-refractivity contribution is 6.30. The Kier molecular flexibility index (Phi) is 6.39. The molecule has 1 aromatic rings. The lowest BCUT2D eigenvalue weighted by Crippen LogP contribution is -2.49. The maximum absolute atomic E-state index is 12.7. The lowest BCUT2D eigenvalue weighted by molar-refractivity contribution is 0.0292. The molecular formula is C18H26ClN3O3. The number of ether oxygens (including phenoxy) is 2. The van der Waals surface area contributed by atoms with Crippen LogP contribution in [0.5, 0.6) is 5.75 Å².